The Hall–Kier alpha value is -3.21. The van der Waals surface area contributed by atoms with E-state index in [1.54, 1.807) is 0 Å². The molecule has 0 saturated carbocycles. The molecule has 0 aromatic heterocycles. The van der Waals surface area contributed by atoms with Crippen LogP contribution in [0.15, 0.2) is 150 Å². The Morgan fingerprint density at radius 1 is 0.667 bits per heavy atom. The molecule has 0 amide bonds. The van der Waals surface area contributed by atoms with E-state index in [1.165, 1.54) is 45.5 Å². The second-order valence-corrected chi connectivity index (χ2v) is 14.4. The van der Waals surface area contributed by atoms with Crippen molar-refractivity contribution in [2.75, 3.05) is 6.16 Å². The SMILES string of the molecule is CC(C)=CCC[C@@H](C)C/C=C/C(C)=C/C=C/C(C)=C/C[P+](c1ccccc1)(c1ccccc1)c1ccccc1. The van der Waals surface area contributed by atoms with E-state index in [0.29, 0.717) is 5.92 Å². The summed E-state index contributed by atoms with van der Waals surface area (Å²) in [5.41, 5.74) is 4.00. The summed E-state index contributed by atoms with van der Waals surface area (Å²) in [5.74, 6) is 0.716. The number of hydrogen-bond acceptors (Lipinski definition) is 0. The van der Waals surface area contributed by atoms with Gasteiger partial charge in [-0.25, -0.2) is 0 Å². The Morgan fingerprint density at radius 2 is 1.18 bits per heavy atom. The fourth-order valence-corrected chi connectivity index (χ4v) is 8.96. The molecule has 3 rings (SSSR count). The molecule has 0 aliphatic heterocycles. The molecule has 1 heteroatoms. The second-order valence-electron chi connectivity index (χ2n) is 10.8. The number of hydrogen-bond donors (Lipinski definition) is 0. The topological polar surface area (TPSA) is 0 Å². The second kappa shape index (κ2) is 16.0. The van der Waals surface area contributed by atoms with Crippen molar-refractivity contribution in [3.63, 3.8) is 0 Å². The normalized spacial score (nSPS) is 13.7. The van der Waals surface area contributed by atoms with Crippen LogP contribution in [0, 0.1) is 5.92 Å². The molecule has 0 aliphatic rings. The zero-order valence-corrected chi connectivity index (χ0v) is 25.4. The van der Waals surface area contributed by atoms with E-state index in [0.717, 1.165) is 12.6 Å². The van der Waals surface area contributed by atoms with Crippen LogP contribution in [0.25, 0.3) is 0 Å². The summed E-state index contributed by atoms with van der Waals surface area (Å²) >= 11 is 0. The Kier molecular flexibility index (Phi) is 12.5. The average Bonchev–Trinajstić information content (AvgIpc) is 2.95. The maximum absolute atomic E-state index is 2.43. The van der Waals surface area contributed by atoms with Crippen LogP contribution in [-0.4, -0.2) is 6.16 Å². The molecule has 0 fully saturated rings. The first-order valence-electron chi connectivity index (χ1n) is 14.3. The van der Waals surface area contributed by atoms with Crippen LogP contribution in [0.5, 0.6) is 0 Å². The largest absolute Gasteiger partial charge is 0.115 e. The minimum atomic E-state index is -1.84. The van der Waals surface area contributed by atoms with Crippen molar-refractivity contribution in [1.82, 2.24) is 0 Å². The fraction of sp³-hybridized carbons (Fsp3) is 0.263. The van der Waals surface area contributed by atoms with Crippen LogP contribution < -0.4 is 15.9 Å². The average molecular weight is 534 g/mol. The molecule has 0 aliphatic carbocycles. The third-order valence-corrected chi connectivity index (χ3v) is 11.4. The Morgan fingerprint density at radius 3 is 1.67 bits per heavy atom. The summed E-state index contributed by atoms with van der Waals surface area (Å²) in [5, 5.41) is 4.27. The highest BCUT2D eigenvalue weighted by atomic mass is 31.2. The van der Waals surface area contributed by atoms with Crippen LogP contribution in [0.4, 0.5) is 0 Å². The highest BCUT2D eigenvalue weighted by Gasteiger charge is 2.44. The molecule has 0 spiro atoms. The van der Waals surface area contributed by atoms with Crippen LogP contribution in [0.2, 0.25) is 0 Å². The van der Waals surface area contributed by atoms with E-state index in [9.17, 15) is 0 Å². The zero-order valence-electron chi connectivity index (χ0n) is 24.6. The van der Waals surface area contributed by atoms with Gasteiger partial charge in [-0.3, -0.25) is 0 Å². The Bertz CT molecular complexity index is 1170. The molecule has 0 unspecified atom stereocenters. The predicted octanol–water partition coefficient (Wildman–Crippen LogP) is 9.76. The smallest absolute Gasteiger partial charge is 0.0859 e. The van der Waals surface area contributed by atoms with Crippen molar-refractivity contribution in [2.24, 2.45) is 5.92 Å². The zero-order chi connectivity index (χ0) is 27.9. The first-order valence-corrected chi connectivity index (χ1v) is 16.3. The van der Waals surface area contributed by atoms with E-state index in [4.69, 9.17) is 0 Å². The van der Waals surface area contributed by atoms with Gasteiger partial charge in [-0.15, -0.1) is 0 Å². The molecule has 3 aromatic carbocycles. The van der Waals surface area contributed by atoms with Gasteiger partial charge < -0.3 is 0 Å². The molecule has 0 saturated heterocycles. The lowest BCUT2D eigenvalue weighted by Gasteiger charge is -2.26. The van der Waals surface area contributed by atoms with E-state index < -0.39 is 7.26 Å². The third kappa shape index (κ3) is 9.49. The monoisotopic (exact) mass is 533 g/mol. The molecule has 202 valence electrons. The summed E-state index contributed by atoms with van der Waals surface area (Å²) in [7, 11) is -1.84. The van der Waals surface area contributed by atoms with Gasteiger partial charge in [-0.2, -0.15) is 0 Å². The minimum Gasteiger partial charge on any atom is -0.0859 e. The minimum absolute atomic E-state index is 0.716. The molecule has 39 heavy (non-hydrogen) atoms. The molecule has 0 heterocycles. The lowest BCUT2D eigenvalue weighted by molar-refractivity contribution is 0.545. The van der Waals surface area contributed by atoms with Crippen molar-refractivity contribution in [2.45, 2.75) is 53.9 Å². The molecular weight excluding hydrogens is 487 g/mol. The summed E-state index contributed by atoms with van der Waals surface area (Å²) in [6, 6.07) is 33.3. The maximum atomic E-state index is 2.43. The molecule has 0 bridgehead atoms. The van der Waals surface area contributed by atoms with Crippen molar-refractivity contribution in [3.05, 3.63) is 150 Å². The lowest BCUT2D eigenvalue weighted by Crippen LogP contribution is -2.33. The molecule has 1 atom stereocenters. The quantitative estimate of drug-likeness (QED) is 0.117. The van der Waals surface area contributed by atoms with Gasteiger partial charge in [0, 0.05) is 0 Å². The molecule has 3 aromatic rings. The molecular formula is C38H46P+. The van der Waals surface area contributed by atoms with Crippen molar-refractivity contribution in [3.8, 4) is 0 Å². The first-order chi connectivity index (χ1) is 18.9. The summed E-state index contributed by atoms with van der Waals surface area (Å²) in [4.78, 5) is 0. The van der Waals surface area contributed by atoms with E-state index in [1.807, 2.05) is 0 Å². The van der Waals surface area contributed by atoms with Gasteiger partial charge in [-0.05, 0) is 95.3 Å². The summed E-state index contributed by atoms with van der Waals surface area (Å²) in [6.07, 6.45) is 20.6. The van der Waals surface area contributed by atoms with Crippen LogP contribution in [-0.2, 0) is 0 Å². The number of benzene rings is 3. The highest BCUT2D eigenvalue weighted by molar-refractivity contribution is 7.95. The van der Waals surface area contributed by atoms with E-state index in [-0.39, 0.29) is 0 Å². The van der Waals surface area contributed by atoms with Gasteiger partial charge in [0.1, 0.15) is 23.2 Å². The molecule has 0 radical (unpaired) electrons. The van der Waals surface area contributed by atoms with E-state index in [2.05, 4.69) is 168 Å². The molecule has 0 N–H and O–H groups in total. The van der Waals surface area contributed by atoms with Crippen molar-refractivity contribution < 1.29 is 0 Å². The van der Waals surface area contributed by atoms with Gasteiger partial charge in [-0.1, -0.05) is 115 Å². The first kappa shape index (κ1) is 30.3. The lowest BCUT2D eigenvalue weighted by atomic mass is 10.0. The standard InChI is InChI=1S/C38H46P/c1-32(2)18-15-19-33(3)20-16-21-34(4)22-17-23-35(5)30-31-39(36-24-9-6-10-25-36,37-26-11-7-12-27-37)38-28-13-8-14-29-38/h6-14,16-18,21-30,33H,15,19-20,31H2,1-5H3/q+1/b21-16+,23-17+,34-22+,35-30+/t33-/m1/s1. The van der Waals surface area contributed by atoms with Gasteiger partial charge in [0.25, 0.3) is 0 Å². The van der Waals surface area contributed by atoms with Crippen LogP contribution in [0.3, 0.4) is 0 Å². The summed E-state index contributed by atoms with van der Waals surface area (Å²) < 4.78 is 0. The van der Waals surface area contributed by atoms with Gasteiger partial charge in [0.2, 0.25) is 0 Å². The summed E-state index contributed by atoms with van der Waals surface area (Å²) in [6.45, 7) is 11.1. The third-order valence-electron chi connectivity index (χ3n) is 7.13. The number of allylic oxidation sites excluding steroid dienone is 10. The van der Waals surface area contributed by atoms with Gasteiger partial charge in [0.05, 0.1) is 6.16 Å². The van der Waals surface area contributed by atoms with Crippen LogP contribution >= 0.6 is 7.26 Å². The van der Waals surface area contributed by atoms with Crippen molar-refractivity contribution >= 4 is 23.2 Å². The Balaban J connectivity index is 1.77. The van der Waals surface area contributed by atoms with Crippen LogP contribution in [0.1, 0.15) is 53.9 Å². The Labute approximate surface area is 238 Å². The fourth-order valence-electron chi connectivity index (χ4n) is 4.83. The highest BCUT2D eigenvalue weighted by Crippen LogP contribution is 2.55. The van der Waals surface area contributed by atoms with Gasteiger partial charge >= 0.3 is 0 Å². The maximum Gasteiger partial charge on any atom is 0.115 e. The van der Waals surface area contributed by atoms with Gasteiger partial charge in [0.15, 0.2) is 0 Å². The van der Waals surface area contributed by atoms with E-state index >= 15 is 0 Å². The predicted molar refractivity (Wildman–Crippen MR) is 178 cm³/mol. The molecule has 0 nitrogen and oxygen atoms in total. The van der Waals surface area contributed by atoms with Crippen molar-refractivity contribution in [1.29, 1.82) is 0 Å². The number of rotatable bonds is 13.